The van der Waals surface area contributed by atoms with E-state index in [1.807, 2.05) is 13.8 Å². The molecule has 4 nitrogen and oxygen atoms in total. The van der Waals surface area contributed by atoms with E-state index in [0.29, 0.717) is 0 Å². The highest BCUT2D eigenvalue weighted by Crippen LogP contribution is 1.97. The third kappa shape index (κ3) is 4.21. The third-order valence-corrected chi connectivity index (χ3v) is 3.53. The van der Waals surface area contributed by atoms with Crippen LogP contribution in [0.15, 0.2) is 0 Å². The molecule has 0 saturated carbocycles. The first-order chi connectivity index (χ1) is 6.70. The molecule has 0 aromatic rings. The van der Waals surface area contributed by atoms with Crippen molar-refractivity contribution in [3.05, 3.63) is 0 Å². The van der Waals surface area contributed by atoms with Crippen molar-refractivity contribution in [3.8, 4) is 0 Å². The SMILES string of the molecule is CC(C)C(=O)O[SiH2]CN1CCOCC1. The van der Waals surface area contributed by atoms with Crippen molar-refractivity contribution in [3.63, 3.8) is 0 Å². The van der Waals surface area contributed by atoms with E-state index in [0.717, 1.165) is 32.5 Å². The Kier molecular flexibility index (Phi) is 5.14. The summed E-state index contributed by atoms with van der Waals surface area (Å²) < 4.78 is 10.5. The maximum atomic E-state index is 11.2. The van der Waals surface area contributed by atoms with Gasteiger partial charge in [-0.2, -0.15) is 0 Å². The fourth-order valence-corrected chi connectivity index (χ4v) is 2.60. The van der Waals surface area contributed by atoms with Crippen molar-refractivity contribution in [2.45, 2.75) is 13.8 Å². The molecule has 5 heteroatoms. The Morgan fingerprint density at radius 1 is 1.50 bits per heavy atom. The van der Waals surface area contributed by atoms with E-state index in [2.05, 4.69) is 4.90 Å². The molecule has 0 amide bonds. The van der Waals surface area contributed by atoms with Crippen molar-refractivity contribution in [2.24, 2.45) is 5.92 Å². The van der Waals surface area contributed by atoms with Crippen LogP contribution in [-0.2, 0) is 14.0 Å². The van der Waals surface area contributed by atoms with Crippen molar-refractivity contribution >= 4 is 15.7 Å². The monoisotopic (exact) mass is 217 g/mol. The van der Waals surface area contributed by atoms with E-state index in [-0.39, 0.29) is 11.9 Å². The average molecular weight is 217 g/mol. The molecule has 0 aliphatic carbocycles. The lowest BCUT2D eigenvalue weighted by atomic mass is 10.2. The topological polar surface area (TPSA) is 38.8 Å². The third-order valence-electron chi connectivity index (χ3n) is 2.23. The van der Waals surface area contributed by atoms with E-state index < -0.39 is 9.76 Å². The van der Waals surface area contributed by atoms with Crippen LogP contribution < -0.4 is 0 Å². The molecule has 0 aromatic carbocycles. The zero-order chi connectivity index (χ0) is 10.4. The van der Waals surface area contributed by atoms with Gasteiger partial charge in [-0.15, -0.1) is 0 Å². The maximum absolute atomic E-state index is 11.2. The first kappa shape index (κ1) is 11.7. The number of ether oxygens (including phenoxy) is 1. The molecule has 0 N–H and O–H groups in total. The Balaban J connectivity index is 2.05. The second kappa shape index (κ2) is 6.16. The Morgan fingerprint density at radius 3 is 2.71 bits per heavy atom. The fraction of sp³-hybridized carbons (Fsp3) is 0.889. The fourth-order valence-electron chi connectivity index (χ4n) is 1.27. The van der Waals surface area contributed by atoms with Crippen LogP contribution in [0.3, 0.4) is 0 Å². The zero-order valence-corrected chi connectivity index (χ0v) is 10.4. The van der Waals surface area contributed by atoms with Crippen LogP contribution in [0.5, 0.6) is 0 Å². The van der Waals surface area contributed by atoms with Gasteiger partial charge < -0.3 is 9.16 Å². The Bertz CT molecular complexity index is 181. The minimum absolute atomic E-state index is 0.00666. The van der Waals surface area contributed by atoms with Crippen LogP contribution in [0.1, 0.15) is 13.8 Å². The summed E-state index contributed by atoms with van der Waals surface area (Å²) in [4.78, 5) is 13.5. The van der Waals surface area contributed by atoms with Crippen molar-refractivity contribution in [1.82, 2.24) is 4.90 Å². The standard InChI is InChI=1S/C9H19NO3Si/c1-8(2)9(11)13-14-7-10-3-5-12-6-4-10/h8H,3-7,14H2,1-2H3. The molecule has 0 radical (unpaired) electrons. The van der Waals surface area contributed by atoms with Gasteiger partial charge in [-0.1, -0.05) is 13.8 Å². The summed E-state index contributed by atoms with van der Waals surface area (Å²) in [5, 5.41) is 0. The molecule has 1 heterocycles. The number of hydrogen-bond acceptors (Lipinski definition) is 4. The summed E-state index contributed by atoms with van der Waals surface area (Å²) in [5.74, 6) is -0.0443. The highest BCUT2D eigenvalue weighted by atomic mass is 28.2. The molecule has 0 spiro atoms. The summed E-state index contributed by atoms with van der Waals surface area (Å²) in [6, 6.07) is 0. The van der Waals surface area contributed by atoms with E-state index in [4.69, 9.17) is 9.16 Å². The molecule has 0 bridgehead atoms. The highest BCUT2D eigenvalue weighted by molar-refractivity contribution is 6.30. The van der Waals surface area contributed by atoms with Gasteiger partial charge in [-0.25, -0.2) is 0 Å². The molecule has 1 aliphatic rings. The molecule has 1 saturated heterocycles. The predicted molar refractivity (Wildman–Crippen MR) is 56.7 cm³/mol. The Morgan fingerprint density at radius 2 is 2.14 bits per heavy atom. The van der Waals surface area contributed by atoms with Crippen LogP contribution in [0, 0.1) is 5.92 Å². The van der Waals surface area contributed by atoms with Gasteiger partial charge in [0, 0.05) is 25.2 Å². The molecule has 82 valence electrons. The number of carbonyl (C=O) groups is 1. The summed E-state index contributed by atoms with van der Waals surface area (Å²) in [5.41, 5.74) is 0. The number of rotatable bonds is 4. The van der Waals surface area contributed by atoms with E-state index >= 15 is 0 Å². The molecule has 0 aromatic heterocycles. The summed E-state index contributed by atoms with van der Waals surface area (Å²) in [6.45, 7) is 7.31. The normalized spacial score (nSPS) is 19.4. The largest absolute Gasteiger partial charge is 0.523 e. The lowest BCUT2D eigenvalue weighted by Crippen LogP contribution is -2.39. The van der Waals surface area contributed by atoms with Crippen LogP contribution in [-0.4, -0.2) is 53.1 Å². The second-order valence-corrected chi connectivity index (χ2v) is 4.92. The summed E-state index contributed by atoms with van der Waals surface area (Å²) in [6.07, 6.45) is 0.960. The second-order valence-electron chi connectivity index (χ2n) is 3.78. The quantitative estimate of drug-likeness (QED) is 0.598. The predicted octanol–water partition coefficient (Wildman–Crippen LogP) is -0.441. The van der Waals surface area contributed by atoms with E-state index in [9.17, 15) is 4.79 Å². The molecule has 1 rings (SSSR count). The number of morpholine rings is 1. The first-order valence-electron chi connectivity index (χ1n) is 5.17. The average Bonchev–Trinajstić information content (AvgIpc) is 2.19. The van der Waals surface area contributed by atoms with Gasteiger partial charge in [-0.05, 0) is 0 Å². The van der Waals surface area contributed by atoms with Gasteiger partial charge in [0.2, 0.25) is 9.76 Å². The van der Waals surface area contributed by atoms with Gasteiger partial charge >= 0.3 is 0 Å². The molecule has 0 unspecified atom stereocenters. The molecular weight excluding hydrogens is 198 g/mol. The van der Waals surface area contributed by atoms with Crippen molar-refractivity contribution in [2.75, 3.05) is 32.5 Å². The molecular formula is C9H19NO3Si. The van der Waals surface area contributed by atoms with Crippen LogP contribution in [0.4, 0.5) is 0 Å². The lowest BCUT2D eigenvalue weighted by Gasteiger charge is -2.26. The maximum Gasteiger partial charge on any atom is 0.294 e. The Hall–Kier alpha value is -0.393. The first-order valence-corrected chi connectivity index (χ1v) is 6.74. The lowest BCUT2D eigenvalue weighted by molar-refractivity contribution is -0.137. The van der Waals surface area contributed by atoms with E-state index in [1.54, 1.807) is 0 Å². The van der Waals surface area contributed by atoms with Crippen LogP contribution in [0.2, 0.25) is 0 Å². The Labute approximate surface area is 87.5 Å². The van der Waals surface area contributed by atoms with Gasteiger partial charge in [-0.3, -0.25) is 9.69 Å². The molecule has 1 fully saturated rings. The molecule has 14 heavy (non-hydrogen) atoms. The smallest absolute Gasteiger partial charge is 0.294 e. The summed E-state index contributed by atoms with van der Waals surface area (Å²) in [7, 11) is -0.703. The zero-order valence-electron chi connectivity index (χ0n) is 8.99. The number of nitrogens with zero attached hydrogens (tertiary/aromatic N) is 1. The van der Waals surface area contributed by atoms with Gasteiger partial charge in [0.25, 0.3) is 5.97 Å². The number of hydrogen-bond donors (Lipinski definition) is 0. The highest BCUT2D eigenvalue weighted by Gasteiger charge is 2.12. The molecule has 1 aliphatic heterocycles. The van der Waals surface area contributed by atoms with E-state index in [1.165, 1.54) is 0 Å². The van der Waals surface area contributed by atoms with Gasteiger partial charge in [0.1, 0.15) is 0 Å². The number of carbonyl (C=O) groups excluding carboxylic acids is 1. The minimum Gasteiger partial charge on any atom is -0.523 e. The van der Waals surface area contributed by atoms with Crippen molar-refractivity contribution in [1.29, 1.82) is 0 Å². The van der Waals surface area contributed by atoms with Crippen LogP contribution in [0.25, 0.3) is 0 Å². The molecule has 0 atom stereocenters. The van der Waals surface area contributed by atoms with Gasteiger partial charge in [0.15, 0.2) is 0 Å². The minimum atomic E-state index is -0.703. The summed E-state index contributed by atoms with van der Waals surface area (Å²) >= 11 is 0. The van der Waals surface area contributed by atoms with Gasteiger partial charge in [0.05, 0.1) is 13.2 Å². The van der Waals surface area contributed by atoms with Crippen molar-refractivity contribution < 1.29 is 14.0 Å². The van der Waals surface area contributed by atoms with Crippen LogP contribution >= 0.6 is 0 Å².